The minimum absolute atomic E-state index is 0.0362. The number of halogens is 1. The molecule has 112 valence electrons. The summed E-state index contributed by atoms with van der Waals surface area (Å²) >= 11 is 5.90. The molecule has 0 unspecified atom stereocenters. The Morgan fingerprint density at radius 2 is 2.27 bits per heavy atom. The first-order chi connectivity index (χ1) is 10.6. The van der Waals surface area contributed by atoms with Gasteiger partial charge in [0, 0.05) is 16.9 Å². The summed E-state index contributed by atoms with van der Waals surface area (Å²) in [5.74, 6) is 0.208. The van der Waals surface area contributed by atoms with E-state index in [4.69, 9.17) is 21.3 Å². The number of aryl methyl sites for hydroxylation is 1. The van der Waals surface area contributed by atoms with E-state index in [0.717, 1.165) is 5.56 Å². The standard InChI is InChI=1S/C16H14ClN3O2/c1-11-4-5-13(17)7-15(11)20-16(21)12(8-18)9-19-10-14-3-2-6-22-14/h2-7,9,19H,10H2,1H3,(H,20,21)/b12-9-. The topological polar surface area (TPSA) is 78.1 Å². The van der Waals surface area contributed by atoms with Crippen LogP contribution < -0.4 is 10.6 Å². The fourth-order valence-corrected chi connectivity index (χ4v) is 1.91. The van der Waals surface area contributed by atoms with Gasteiger partial charge in [0.15, 0.2) is 0 Å². The van der Waals surface area contributed by atoms with Crippen molar-refractivity contribution in [2.75, 3.05) is 5.32 Å². The fraction of sp³-hybridized carbons (Fsp3) is 0.125. The van der Waals surface area contributed by atoms with Crippen LogP contribution in [0.25, 0.3) is 0 Å². The number of anilines is 1. The number of carbonyl (C=O) groups is 1. The van der Waals surface area contributed by atoms with Crippen molar-refractivity contribution in [3.63, 3.8) is 0 Å². The third-order valence-corrected chi connectivity index (χ3v) is 3.15. The van der Waals surface area contributed by atoms with Crippen LogP contribution in [0.3, 0.4) is 0 Å². The second-order valence-electron chi connectivity index (χ2n) is 4.54. The van der Waals surface area contributed by atoms with Gasteiger partial charge in [-0.3, -0.25) is 4.79 Å². The summed E-state index contributed by atoms with van der Waals surface area (Å²) < 4.78 is 5.14. The molecular formula is C16H14ClN3O2. The van der Waals surface area contributed by atoms with Crippen molar-refractivity contribution in [2.45, 2.75) is 13.5 Å². The molecule has 0 atom stereocenters. The van der Waals surface area contributed by atoms with Gasteiger partial charge in [-0.25, -0.2) is 0 Å². The van der Waals surface area contributed by atoms with Gasteiger partial charge in [0.05, 0.1) is 12.8 Å². The first kappa shape index (κ1) is 15.7. The van der Waals surface area contributed by atoms with E-state index in [-0.39, 0.29) is 5.57 Å². The van der Waals surface area contributed by atoms with Gasteiger partial charge in [-0.1, -0.05) is 17.7 Å². The summed E-state index contributed by atoms with van der Waals surface area (Å²) in [6, 6.07) is 10.6. The van der Waals surface area contributed by atoms with E-state index in [1.807, 2.05) is 13.0 Å². The number of hydrogen-bond acceptors (Lipinski definition) is 4. The van der Waals surface area contributed by atoms with Crippen LogP contribution >= 0.6 is 11.6 Å². The van der Waals surface area contributed by atoms with Crippen LogP contribution in [0, 0.1) is 18.3 Å². The van der Waals surface area contributed by atoms with Crippen molar-refractivity contribution in [3.8, 4) is 6.07 Å². The van der Waals surface area contributed by atoms with Crippen LogP contribution in [0.15, 0.2) is 52.8 Å². The minimum Gasteiger partial charge on any atom is -0.467 e. The Kier molecular flexibility index (Phi) is 5.23. The van der Waals surface area contributed by atoms with Gasteiger partial charge in [0.2, 0.25) is 0 Å². The fourth-order valence-electron chi connectivity index (χ4n) is 1.73. The quantitative estimate of drug-likeness (QED) is 0.655. The van der Waals surface area contributed by atoms with Crippen LogP contribution in [-0.2, 0) is 11.3 Å². The van der Waals surface area contributed by atoms with E-state index in [1.54, 1.807) is 36.6 Å². The molecule has 5 nitrogen and oxygen atoms in total. The van der Waals surface area contributed by atoms with Crippen molar-refractivity contribution in [2.24, 2.45) is 0 Å². The molecule has 0 aliphatic carbocycles. The summed E-state index contributed by atoms with van der Waals surface area (Å²) in [5.41, 5.74) is 1.40. The summed E-state index contributed by atoms with van der Waals surface area (Å²) in [6.07, 6.45) is 2.91. The second-order valence-corrected chi connectivity index (χ2v) is 4.98. The second kappa shape index (κ2) is 7.34. The van der Waals surface area contributed by atoms with E-state index in [2.05, 4.69) is 10.6 Å². The molecule has 2 rings (SSSR count). The Bertz CT molecular complexity index is 730. The van der Waals surface area contributed by atoms with Crippen LogP contribution in [0.1, 0.15) is 11.3 Å². The van der Waals surface area contributed by atoms with E-state index in [1.165, 1.54) is 6.20 Å². The monoisotopic (exact) mass is 315 g/mol. The first-order valence-corrected chi connectivity index (χ1v) is 6.91. The van der Waals surface area contributed by atoms with Gasteiger partial charge in [0.25, 0.3) is 5.91 Å². The zero-order chi connectivity index (χ0) is 15.9. The first-order valence-electron chi connectivity index (χ1n) is 6.53. The number of benzene rings is 1. The lowest BCUT2D eigenvalue weighted by Crippen LogP contribution is -2.17. The van der Waals surface area contributed by atoms with Crippen LogP contribution in [-0.4, -0.2) is 5.91 Å². The van der Waals surface area contributed by atoms with Gasteiger partial charge in [0.1, 0.15) is 17.4 Å². The highest BCUT2D eigenvalue weighted by Gasteiger charge is 2.11. The van der Waals surface area contributed by atoms with Gasteiger partial charge >= 0.3 is 0 Å². The molecule has 2 N–H and O–H groups in total. The molecule has 1 heterocycles. The normalized spacial score (nSPS) is 10.9. The smallest absolute Gasteiger partial charge is 0.267 e. The highest BCUT2D eigenvalue weighted by molar-refractivity contribution is 6.31. The molecule has 1 aromatic carbocycles. The van der Waals surface area contributed by atoms with Crippen LogP contribution in [0.2, 0.25) is 5.02 Å². The molecule has 0 aliphatic heterocycles. The third-order valence-electron chi connectivity index (χ3n) is 2.92. The van der Waals surface area contributed by atoms with Crippen molar-refractivity contribution < 1.29 is 9.21 Å². The maximum atomic E-state index is 12.1. The molecule has 1 amide bonds. The lowest BCUT2D eigenvalue weighted by Gasteiger charge is -2.08. The molecule has 0 bridgehead atoms. The highest BCUT2D eigenvalue weighted by Crippen LogP contribution is 2.20. The molecule has 0 saturated carbocycles. The molecule has 0 radical (unpaired) electrons. The van der Waals surface area contributed by atoms with E-state index in [9.17, 15) is 4.79 Å². The summed E-state index contributed by atoms with van der Waals surface area (Å²) in [5, 5.41) is 15.1. The van der Waals surface area contributed by atoms with Gasteiger partial charge in [-0.15, -0.1) is 0 Å². The molecule has 1 aromatic heterocycles. The SMILES string of the molecule is Cc1ccc(Cl)cc1NC(=O)/C(C#N)=C\NCc1ccco1. The number of rotatable bonds is 5. The largest absolute Gasteiger partial charge is 0.467 e. The lowest BCUT2D eigenvalue weighted by molar-refractivity contribution is -0.112. The number of hydrogen-bond donors (Lipinski definition) is 2. The Balaban J connectivity index is 2.02. The summed E-state index contributed by atoms with van der Waals surface area (Å²) in [7, 11) is 0. The molecule has 0 aliphatic rings. The molecule has 22 heavy (non-hydrogen) atoms. The van der Waals surface area contributed by atoms with Crippen LogP contribution in [0.5, 0.6) is 0 Å². The minimum atomic E-state index is -0.500. The molecular weight excluding hydrogens is 302 g/mol. The predicted octanol–water partition coefficient (Wildman–Crippen LogP) is 3.38. The Morgan fingerprint density at radius 3 is 2.95 bits per heavy atom. The van der Waals surface area contributed by atoms with Crippen molar-refractivity contribution in [1.29, 1.82) is 5.26 Å². The predicted molar refractivity (Wildman–Crippen MR) is 84.1 cm³/mol. The van der Waals surface area contributed by atoms with Gasteiger partial charge in [-0.05, 0) is 36.8 Å². The average molecular weight is 316 g/mol. The zero-order valence-corrected chi connectivity index (χ0v) is 12.6. The number of carbonyl (C=O) groups excluding carboxylic acids is 1. The average Bonchev–Trinajstić information content (AvgIpc) is 3.00. The highest BCUT2D eigenvalue weighted by atomic mass is 35.5. The number of nitrogens with zero attached hydrogens (tertiary/aromatic N) is 1. The Morgan fingerprint density at radius 1 is 1.45 bits per heavy atom. The van der Waals surface area contributed by atoms with Crippen molar-refractivity contribution >= 4 is 23.2 Å². The third kappa shape index (κ3) is 4.14. The van der Waals surface area contributed by atoms with Crippen LogP contribution in [0.4, 0.5) is 5.69 Å². The number of nitrogens with one attached hydrogen (secondary N) is 2. The lowest BCUT2D eigenvalue weighted by atomic mass is 10.2. The Labute approximate surface area is 133 Å². The van der Waals surface area contributed by atoms with E-state index < -0.39 is 5.91 Å². The van der Waals surface area contributed by atoms with Gasteiger partial charge < -0.3 is 15.1 Å². The van der Waals surface area contributed by atoms with E-state index in [0.29, 0.717) is 23.0 Å². The molecule has 0 saturated heterocycles. The summed E-state index contributed by atoms with van der Waals surface area (Å²) in [6.45, 7) is 2.23. The Hall–Kier alpha value is -2.71. The molecule has 0 spiro atoms. The van der Waals surface area contributed by atoms with Crippen molar-refractivity contribution in [1.82, 2.24) is 5.32 Å². The molecule has 0 fully saturated rings. The van der Waals surface area contributed by atoms with Crippen molar-refractivity contribution in [3.05, 3.63) is 64.7 Å². The summed E-state index contributed by atoms with van der Waals surface area (Å²) in [4.78, 5) is 12.1. The molecule has 6 heteroatoms. The van der Waals surface area contributed by atoms with Gasteiger partial charge in [-0.2, -0.15) is 5.26 Å². The number of furan rings is 1. The number of amides is 1. The van der Waals surface area contributed by atoms with E-state index >= 15 is 0 Å². The maximum Gasteiger partial charge on any atom is 0.267 e. The maximum absolute atomic E-state index is 12.1. The number of nitriles is 1. The molecule has 2 aromatic rings. The zero-order valence-electron chi connectivity index (χ0n) is 11.9.